The van der Waals surface area contributed by atoms with E-state index in [9.17, 15) is 34.1 Å². The Morgan fingerprint density at radius 1 is 1.14 bits per heavy atom. The Morgan fingerprint density at radius 2 is 1.81 bits per heavy atom. The van der Waals surface area contributed by atoms with Gasteiger partial charge in [-0.1, -0.05) is 12.1 Å². The molecule has 4 atom stereocenters. The van der Waals surface area contributed by atoms with Crippen molar-refractivity contribution in [3.05, 3.63) is 51.5 Å². The fourth-order valence-corrected chi connectivity index (χ4v) is 6.71. The van der Waals surface area contributed by atoms with Gasteiger partial charge in [0.15, 0.2) is 11.6 Å². The smallest absolute Gasteiger partial charge is 0.255 e. The van der Waals surface area contributed by atoms with Crippen LogP contribution in [-0.2, 0) is 22.6 Å². The molecule has 1 amide bonds. The van der Waals surface area contributed by atoms with Gasteiger partial charge in [-0.25, -0.2) is 4.39 Å². The van der Waals surface area contributed by atoms with Crippen LogP contribution < -0.4 is 5.73 Å². The van der Waals surface area contributed by atoms with Gasteiger partial charge in [0.2, 0.25) is 0 Å². The summed E-state index contributed by atoms with van der Waals surface area (Å²) in [7, 11) is 3.39. The Labute approximate surface area is 214 Å². The average molecular weight is 514 g/mol. The lowest BCUT2D eigenvalue weighted by molar-refractivity contribution is -0.127. The molecule has 3 aliphatic carbocycles. The summed E-state index contributed by atoms with van der Waals surface area (Å²) in [6.45, 7) is 1.48. The number of carbonyl (C=O) groups excluding carboxylic acids is 3. The number of aromatic hydroxyl groups is 1. The van der Waals surface area contributed by atoms with Crippen molar-refractivity contribution in [3.63, 3.8) is 0 Å². The molecule has 1 heterocycles. The second-order valence-corrected chi connectivity index (χ2v) is 10.9. The van der Waals surface area contributed by atoms with Gasteiger partial charge in [0.25, 0.3) is 5.91 Å². The molecule has 5 rings (SSSR count). The molecule has 0 spiro atoms. The van der Waals surface area contributed by atoms with E-state index in [0.29, 0.717) is 56.4 Å². The zero-order valence-corrected chi connectivity index (χ0v) is 20.9. The number of phenolic OH excluding ortho intramolecular Hbond substituents is 1. The number of likely N-dealkylation sites (N-methyl/N-ethyl adjacent to an activating group) is 1. The number of amides is 1. The number of piperidine rings is 1. The number of benzene rings is 1. The monoisotopic (exact) mass is 513 g/mol. The molecule has 1 aromatic rings. The van der Waals surface area contributed by atoms with Crippen molar-refractivity contribution in [2.75, 3.05) is 27.2 Å². The molecular weight excluding hydrogens is 481 g/mol. The van der Waals surface area contributed by atoms with E-state index in [2.05, 4.69) is 0 Å². The summed E-state index contributed by atoms with van der Waals surface area (Å²) in [6, 6.07) is 2.85. The van der Waals surface area contributed by atoms with E-state index >= 15 is 0 Å². The average Bonchev–Trinajstić information content (AvgIpc) is 2.81. The quantitative estimate of drug-likeness (QED) is 0.447. The van der Waals surface area contributed by atoms with Gasteiger partial charge >= 0.3 is 0 Å². The fraction of sp³-hybridized carbons (Fsp3) is 0.519. The Kier molecular flexibility index (Phi) is 6.35. The topological polar surface area (TPSA) is 144 Å². The Morgan fingerprint density at radius 3 is 2.43 bits per heavy atom. The van der Waals surface area contributed by atoms with E-state index < -0.39 is 64.5 Å². The number of ketones is 2. The molecule has 1 aliphatic heterocycles. The SMILES string of the molecule is CN(C)[C@@H]1C(O)=C(C(N)=O)C(=O)C2C(O)=C3C(=O)c4c(ccc(CN5CCC(F)CC5)c4O)C[C@H]3C[C@H]21. The molecule has 1 fully saturated rings. The predicted octanol–water partition coefficient (Wildman–Crippen LogP) is 1.94. The number of primary amides is 1. The van der Waals surface area contributed by atoms with Crippen LogP contribution in [0.25, 0.3) is 0 Å². The molecule has 10 heteroatoms. The largest absolute Gasteiger partial charge is 0.511 e. The number of aliphatic hydroxyl groups excluding tert-OH is 2. The van der Waals surface area contributed by atoms with Crippen LogP contribution in [0.3, 0.4) is 0 Å². The third kappa shape index (κ3) is 4.02. The number of Topliss-reactive ketones (excluding diaryl/α,β-unsaturated/α-hetero) is 2. The summed E-state index contributed by atoms with van der Waals surface area (Å²) >= 11 is 0. The van der Waals surface area contributed by atoms with Crippen molar-refractivity contribution >= 4 is 17.5 Å². The molecule has 0 aromatic heterocycles. The number of likely N-dealkylation sites (tertiary alicyclic amines) is 1. The summed E-state index contributed by atoms with van der Waals surface area (Å²) in [6.07, 6.45) is 0.717. The predicted molar refractivity (Wildman–Crippen MR) is 132 cm³/mol. The van der Waals surface area contributed by atoms with Gasteiger partial charge < -0.3 is 21.1 Å². The van der Waals surface area contributed by atoms with Gasteiger partial charge in [-0.2, -0.15) is 0 Å². The van der Waals surface area contributed by atoms with Crippen molar-refractivity contribution in [1.82, 2.24) is 9.80 Å². The van der Waals surface area contributed by atoms with E-state index in [1.165, 1.54) is 0 Å². The molecule has 0 saturated carbocycles. The summed E-state index contributed by atoms with van der Waals surface area (Å²) < 4.78 is 13.5. The highest BCUT2D eigenvalue weighted by molar-refractivity contribution is 6.22. The second kappa shape index (κ2) is 9.25. The zero-order valence-electron chi connectivity index (χ0n) is 20.9. The van der Waals surface area contributed by atoms with Gasteiger partial charge in [0, 0.05) is 30.8 Å². The molecule has 4 aliphatic rings. The van der Waals surface area contributed by atoms with Gasteiger partial charge in [0.1, 0.15) is 29.0 Å². The van der Waals surface area contributed by atoms with Crippen molar-refractivity contribution in [2.45, 2.75) is 44.4 Å². The molecule has 1 saturated heterocycles. The van der Waals surface area contributed by atoms with Crippen molar-refractivity contribution in [1.29, 1.82) is 0 Å². The molecular formula is C27H32FN3O6. The minimum atomic E-state index is -1.20. The maximum Gasteiger partial charge on any atom is 0.255 e. The van der Waals surface area contributed by atoms with Crippen LogP contribution in [-0.4, -0.2) is 82.0 Å². The summed E-state index contributed by atoms with van der Waals surface area (Å²) in [5.41, 5.74) is 6.21. The maximum absolute atomic E-state index is 13.7. The molecule has 0 bridgehead atoms. The number of nitrogens with zero attached hydrogens (tertiary/aromatic N) is 2. The third-order valence-corrected chi connectivity index (χ3v) is 8.43. The van der Waals surface area contributed by atoms with Crippen molar-refractivity contribution in [2.24, 2.45) is 23.5 Å². The first-order valence-electron chi connectivity index (χ1n) is 12.6. The number of aliphatic hydroxyl groups is 2. The van der Waals surface area contributed by atoms with E-state index in [0.717, 1.165) is 0 Å². The van der Waals surface area contributed by atoms with Gasteiger partial charge in [-0.05, 0) is 57.2 Å². The molecule has 37 heavy (non-hydrogen) atoms. The van der Waals surface area contributed by atoms with Crippen LogP contribution in [0.15, 0.2) is 34.8 Å². The number of nitrogens with two attached hydrogens (primary N) is 1. The van der Waals surface area contributed by atoms with Crippen LogP contribution in [0.4, 0.5) is 4.39 Å². The molecule has 0 radical (unpaired) electrons. The third-order valence-electron chi connectivity index (χ3n) is 8.43. The van der Waals surface area contributed by atoms with Gasteiger partial charge in [0.05, 0.1) is 17.5 Å². The normalized spacial score (nSPS) is 28.9. The number of hydrogen-bond donors (Lipinski definition) is 4. The maximum atomic E-state index is 13.7. The van der Waals surface area contributed by atoms with Crippen LogP contribution in [0.1, 0.15) is 40.7 Å². The number of halogens is 1. The van der Waals surface area contributed by atoms with Crippen LogP contribution >= 0.6 is 0 Å². The number of alkyl halides is 1. The minimum absolute atomic E-state index is 0.0653. The van der Waals surface area contributed by atoms with E-state index in [4.69, 9.17) is 5.73 Å². The number of hydrogen-bond acceptors (Lipinski definition) is 8. The lowest BCUT2D eigenvalue weighted by atomic mass is 9.61. The summed E-state index contributed by atoms with van der Waals surface area (Å²) in [4.78, 5) is 42.7. The molecule has 1 aromatic carbocycles. The first-order valence-corrected chi connectivity index (χ1v) is 12.6. The molecule has 5 N–H and O–H groups in total. The van der Waals surface area contributed by atoms with Crippen LogP contribution in [0, 0.1) is 17.8 Å². The summed E-state index contributed by atoms with van der Waals surface area (Å²) in [5, 5.41) is 33.2. The first-order chi connectivity index (χ1) is 17.5. The standard InChI is InChI=1S/C27H32FN3O6/c1-30(2)21-16-10-14-9-12-3-4-13(11-31-7-5-15(28)6-8-31)22(32)17(12)23(33)18(14)24(34)19(16)25(35)20(26(21)36)27(29)37/h3-4,14-16,19,21,32,34,36H,5-11H2,1-2H3,(H2,29,37)/t14-,16+,19?,21-/m0/s1. The number of fused-ring (bicyclic) bond motifs is 3. The highest BCUT2D eigenvalue weighted by Crippen LogP contribution is 2.50. The van der Waals surface area contributed by atoms with Gasteiger partial charge in [-0.3, -0.25) is 24.2 Å². The Bertz CT molecular complexity index is 1250. The van der Waals surface area contributed by atoms with Crippen LogP contribution in [0.5, 0.6) is 5.75 Å². The molecule has 198 valence electrons. The van der Waals surface area contributed by atoms with Crippen LogP contribution in [0.2, 0.25) is 0 Å². The fourth-order valence-electron chi connectivity index (χ4n) is 6.71. The van der Waals surface area contributed by atoms with E-state index in [1.54, 1.807) is 25.1 Å². The number of allylic oxidation sites excluding steroid dienone is 2. The second-order valence-electron chi connectivity index (χ2n) is 10.9. The molecule has 1 unspecified atom stereocenters. The zero-order chi connectivity index (χ0) is 26.8. The summed E-state index contributed by atoms with van der Waals surface area (Å²) in [5.74, 6) is -5.63. The first kappa shape index (κ1) is 25.4. The minimum Gasteiger partial charge on any atom is -0.511 e. The Hall–Kier alpha value is -3.24. The highest BCUT2D eigenvalue weighted by Gasteiger charge is 2.54. The number of phenols is 1. The lowest BCUT2D eigenvalue weighted by Gasteiger charge is -2.46. The van der Waals surface area contributed by atoms with E-state index in [1.807, 2.05) is 11.0 Å². The highest BCUT2D eigenvalue weighted by atomic mass is 19.1. The van der Waals surface area contributed by atoms with E-state index in [-0.39, 0.29) is 16.9 Å². The number of carbonyl (C=O) groups is 3. The molecule has 9 nitrogen and oxygen atoms in total. The lowest BCUT2D eigenvalue weighted by Crippen LogP contribution is -2.53. The van der Waals surface area contributed by atoms with Crippen molar-refractivity contribution < 1.29 is 34.1 Å². The number of rotatable bonds is 4. The Balaban J connectivity index is 1.54. The van der Waals surface area contributed by atoms with Gasteiger partial charge in [-0.15, -0.1) is 0 Å². The van der Waals surface area contributed by atoms with Crippen molar-refractivity contribution in [3.8, 4) is 5.75 Å².